The van der Waals surface area contributed by atoms with E-state index in [4.69, 9.17) is 0 Å². The SMILES string of the molecule is Fc1cccc(C23CCC(I)(CC2)CC3)c1. The van der Waals surface area contributed by atoms with E-state index >= 15 is 0 Å². The van der Waals surface area contributed by atoms with Crippen molar-refractivity contribution in [2.75, 3.05) is 0 Å². The van der Waals surface area contributed by atoms with Crippen LogP contribution in [0.1, 0.15) is 44.1 Å². The normalized spacial score (nSPS) is 37.6. The first-order valence-electron chi connectivity index (χ1n) is 6.07. The van der Waals surface area contributed by atoms with Crippen LogP contribution in [0.15, 0.2) is 24.3 Å². The lowest BCUT2D eigenvalue weighted by Gasteiger charge is -2.51. The largest absolute Gasteiger partial charge is 0.207 e. The molecule has 3 aliphatic rings. The molecule has 0 aliphatic heterocycles. The molecule has 1 aromatic rings. The Morgan fingerprint density at radius 3 is 2.19 bits per heavy atom. The lowest BCUT2D eigenvalue weighted by Crippen LogP contribution is -2.44. The molecule has 1 aromatic carbocycles. The molecule has 0 radical (unpaired) electrons. The van der Waals surface area contributed by atoms with Gasteiger partial charge in [0, 0.05) is 3.42 Å². The van der Waals surface area contributed by atoms with E-state index in [9.17, 15) is 4.39 Å². The molecule has 3 saturated carbocycles. The van der Waals surface area contributed by atoms with E-state index in [0.29, 0.717) is 8.84 Å². The van der Waals surface area contributed by atoms with Crippen LogP contribution in [-0.4, -0.2) is 3.42 Å². The van der Waals surface area contributed by atoms with Crippen LogP contribution in [0.2, 0.25) is 0 Å². The van der Waals surface area contributed by atoms with Crippen LogP contribution in [-0.2, 0) is 5.41 Å². The van der Waals surface area contributed by atoms with Crippen molar-refractivity contribution in [1.82, 2.24) is 0 Å². The molecule has 0 heterocycles. The predicted octanol–water partition coefficient (Wildman–Crippen LogP) is 4.61. The highest BCUT2D eigenvalue weighted by Crippen LogP contribution is 2.57. The molecule has 2 bridgehead atoms. The first-order chi connectivity index (χ1) is 7.62. The summed E-state index contributed by atoms with van der Waals surface area (Å²) in [5.41, 5.74) is 1.54. The molecular weight excluding hydrogens is 314 g/mol. The van der Waals surface area contributed by atoms with Crippen molar-refractivity contribution in [3.63, 3.8) is 0 Å². The van der Waals surface area contributed by atoms with Gasteiger partial charge in [-0.25, -0.2) is 4.39 Å². The minimum absolute atomic E-state index is 0.0799. The number of halogens is 2. The van der Waals surface area contributed by atoms with E-state index < -0.39 is 0 Å². The molecule has 0 spiro atoms. The standard InChI is InChI=1S/C14H16FI/c15-12-3-1-2-11(10-12)13-4-7-14(16,8-5-13)9-6-13/h1-3,10H,4-9H2. The molecule has 0 aromatic heterocycles. The van der Waals surface area contributed by atoms with Gasteiger partial charge in [-0.1, -0.05) is 34.7 Å². The minimum Gasteiger partial charge on any atom is -0.207 e. The van der Waals surface area contributed by atoms with Gasteiger partial charge in [0.2, 0.25) is 0 Å². The minimum atomic E-state index is -0.0799. The molecular formula is C14H16FI. The van der Waals surface area contributed by atoms with Crippen molar-refractivity contribution in [2.24, 2.45) is 0 Å². The van der Waals surface area contributed by atoms with Gasteiger partial charge in [0.05, 0.1) is 0 Å². The van der Waals surface area contributed by atoms with Gasteiger partial charge >= 0.3 is 0 Å². The van der Waals surface area contributed by atoms with Crippen LogP contribution in [0.4, 0.5) is 4.39 Å². The molecule has 86 valence electrons. The first-order valence-corrected chi connectivity index (χ1v) is 7.15. The number of rotatable bonds is 1. The van der Waals surface area contributed by atoms with Crippen LogP contribution in [0, 0.1) is 5.82 Å². The summed E-state index contributed by atoms with van der Waals surface area (Å²) in [6.07, 6.45) is 7.68. The lowest BCUT2D eigenvalue weighted by atomic mass is 9.58. The second-order valence-corrected chi connectivity index (χ2v) is 7.73. The van der Waals surface area contributed by atoms with Gasteiger partial charge in [-0.05, 0) is 61.6 Å². The average Bonchev–Trinajstić information content (AvgIpc) is 2.30. The molecule has 0 atom stereocenters. The Kier molecular flexibility index (Phi) is 2.54. The third-order valence-electron chi connectivity index (χ3n) is 4.59. The fraction of sp³-hybridized carbons (Fsp3) is 0.571. The van der Waals surface area contributed by atoms with Gasteiger partial charge in [-0.2, -0.15) is 0 Å². The van der Waals surface area contributed by atoms with Crippen LogP contribution >= 0.6 is 22.6 Å². The topological polar surface area (TPSA) is 0 Å². The zero-order chi connectivity index (χ0) is 11.2. The van der Waals surface area contributed by atoms with E-state index in [2.05, 4.69) is 28.7 Å². The average molecular weight is 330 g/mol. The van der Waals surface area contributed by atoms with E-state index in [1.54, 1.807) is 12.1 Å². The molecule has 3 aliphatic carbocycles. The Hall–Kier alpha value is -0.120. The number of hydrogen-bond acceptors (Lipinski definition) is 0. The second-order valence-electron chi connectivity index (χ2n) is 5.44. The maximum Gasteiger partial charge on any atom is 0.123 e. The van der Waals surface area contributed by atoms with E-state index in [1.165, 1.54) is 44.1 Å². The third-order valence-corrected chi connectivity index (χ3v) is 6.21. The summed E-state index contributed by atoms with van der Waals surface area (Å²) in [5, 5.41) is 0. The number of benzene rings is 1. The Labute approximate surface area is 110 Å². The third kappa shape index (κ3) is 1.69. The number of fused-ring (bicyclic) bond motifs is 3. The summed E-state index contributed by atoms with van der Waals surface area (Å²) in [5.74, 6) is -0.0799. The number of alkyl halides is 1. The van der Waals surface area contributed by atoms with Crippen molar-refractivity contribution < 1.29 is 4.39 Å². The van der Waals surface area contributed by atoms with Crippen molar-refractivity contribution in [1.29, 1.82) is 0 Å². The molecule has 4 rings (SSSR count). The summed E-state index contributed by atoms with van der Waals surface area (Å²) >= 11 is 2.65. The quantitative estimate of drug-likeness (QED) is 0.521. The number of hydrogen-bond donors (Lipinski definition) is 0. The smallest absolute Gasteiger partial charge is 0.123 e. The predicted molar refractivity (Wildman–Crippen MR) is 72.5 cm³/mol. The maximum atomic E-state index is 13.3. The summed E-state index contributed by atoms with van der Waals surface area (Å²) in [7, 11) is 0. The summed E-state index contributed by atoms with van der Waals surface area (Å²) < 4.78 is 13.9. The highest BCUT2D eigenvalue weighted by molar-refractivity contribution is 14.1. The summed E-state index contributed by atoms with van der Waals surface area (Å²) in [6.45, 7) is 0. The highest BCUT2D eigenvalue weighted by Gasteiger charge is 2.47. The Morgan fingerprint density at radius 2 is 1.62 bits per heavy atom. The van der Waals surface area contributed by atoms with Crippen molar-refractivity contribution >= 4 is 22.6 Å². The monoisotopic (exact) mass is 330 g/mol. The van der Waals surface area contributed by atoms with Crippen LogP contribution in [0.25, 0.3) is 0 Å². The van der Waals surface area contributed by atoms with Crippen LogP contribution in [0.5, 0.6) is 0 Å². The molecule has 0 N–H and O–H groups in total. The van der Waals surface area contributed by atoms with Crippen molar-refractivity contribution in [2.45, 2.75) is 47.4 Å². The molecule has 0 nitrogen and oxygen atoms in total. The van der Waals surface area contributed by atoms with Crippen LogP contribution < -0.4 is 0 Å². The Morgan fingerprint density at radius 1 is 1.00 bits per heavy atom. The van der Waals surface area contributed by atoms with Gasteiger partial charge in [-0.3, -0.25) is 0 Å². The first kappa shape index (κ1) is 11.0. The lowest BCUT2D eigenvalue weighted by molar-refractivity contribution is 0.167. The molecule has 16 heavy (non-hydrogen) atoms. The van der Waals surface area contributed by atoms with Gasteiger partial charge in [-0.15, -0.1) is 0 Å². The van der Waals surface area contributed by atoms with Gasteiger partial charge < -0.3 is 0 Å². The van der Waals surface area contributed by atoms with Gasteiger partial charge in [0.1, 0.15) is 5.82 Å². The maximum absolute atomic E-state index is 13.3. The van der Waals surface area contributed by atoms with Gasteiger partial charge in [0.25, 0.3) is 0 Å². The van der Waals surface area contributed by atoms with Crippen molar-refractivity contribution in [3.8, 4) is 0 Å². The summed E-state index contributed by atoms with van der Waals surface area (Å²) in [4.78, 5) is 0. The highest BCUT2D eigenvalue weighted by atomic mass is 127. The zero-order valence-corrected chi connectivity index (χ0v) is 11.5. The fourth-order valence-corrected chi connectivity index (χ4v) is 4.20. The molecule has 3 fully saturated rings. The Balaban J connectivity index is 1.95. The van der Waals surface area contributed by atoms with E-state index in [1.807, 2.05) is 6.07 Å². The zero-order valence-electron chi connectivity index (χ0n) is 9.31. The van der Waals surface area contributed by atoms with E-state index in [0.717, 1.165) is 0 Å². The molecule has 0 saturated heterocycles. The Bertz CT molecular complexity index is 388. The van der Waals surface area contributed by atoms with Crippen LogP contribution in [0.3, 0.4) is 0 Å². The molecule has 2 heteroatoms. The summed E-state index contributed by atoms with van der Waals surface area (Å²) in [6, 6.07) is 7.29. The fourth-order valence-electron chi connectivity index (χ4n) is 3.39. The van der Waals surface area contributed by atoms with E-state index in [-0.39, 0.29) is 5.82 Å². The second kappa shape index (κ2) is 3.69. The molecule has 0 unspecified atom stereocenters. The van der Waals surface area contributed by atoms with Gasteiger partial charge in [0.15, 0.2) is 0 Å². The van der Waals surface area contributed by atoms with Crippen molar-refractivity contribution in [3.05, 3.63) is 35.6 Å². The molecule has 0 amide bonds.